The summed E-state index contributed by atoms with van der Waals surface area (Å²) in [5.74, 6) is 1.40. The summed E-state index contributed by atoms with van der Waals surface area (Å²) in [5, 5.41) is 2.92. The second-order valence-corrected chi connectivity index (χ2v) is 8.19. The maximum atomic E-state index is 12.4. The van der Waals surface area contributed by atoms with Crippen molar-refractivity contribution in [3.05, 3.63) is 53.2 Å². The molecular formula is C23H29N3O3. The standard InChI is InChI=1S/C23H29N3O3/c1-15(2)13-26-14-19(10-22(26)27)23(28)25-12-18-7-8-21(24-11-18)29-20-9-16(3)5-6-17(20)4/h5-9,11,15,19H,10,12-14H2,1-4H3,(H,25,28). The van der Waals surface area contributed by atoms with E-state index in [-0.39, 0.29) is 17.7 Å². The van der Waals surface area contributed by atoms with Gasteiger partial charge in [0.05, 0.1) is 5.92 Å². The normalized spacial score (nSPS) is 16.4. The molecule has 0 bridgehead atoms. The zero-order valence-corrected chi connectivity index (χ0v) is 17.6. The number of nitrogens with one attached hydrogen (secondary N) is 1. The molecule has 1 aliphatic rings. The van der Waals surface area contributed by atoms with Gasteiger partial charge in [0, 0.05) is 38.3 Å². The highest BCUT2D eigenvalue weighted by Gasteiger charge is 2.34. The molecule has 1 N–H and O–H groups in total. The largest absolute Gasteiger partial charge is 0.439 e. The second-order valence-electron chi connectivity index (χ2n) is 8.19. The topological polar surface area (TPSA) is 71.5 Å². The Bertz CT molecular complexity index is 877. The van der Waals surface area contributed by atoms with Gasteiger partial charge >= 0.3 is 0 Å². The van der Waals surface area contributed by atoms with Gasteiger partial charge in [-0.05, 0) is 42.5 Å². The quantitative estimate of drug-likeness (QED) is 0.777. The SMILES string of the molecule is Cc1ccc(C)c(Oc2ccc(CNC(=O)C3CC(=O)N(CC(C)C)C3)cn2)c1. The highest BCUT2D eigenvalue weighted by molar-refractivity contribution is 5.89. The Kier molecular flexibility index (Phi) is 6.52. The summed E-state index contributed by atoms with van der Waals surface area (Å²) in [6.45, 7) is 9.74. The predicted molar refractivity (Wildman–Crippen MR) is 112 cm³/mol. The average Bonchev–Trinajstić information content (AvgIpc) is 3.04. The molecule has 29 heavy (non-hydrogen) atoms. The van der Waals surface area contributed by atoms with E-state index in [1.165, 1.54) is 0 Å². The maximum absolute atomic E-state index is 12.4. The van der Waals surface area contributed by atoms with Crippen LogP contribution in [0, 0.1) is 25.7 Å². The van der Waals surface area contributed by atoms with E-state index >= 15 is 0 Å². The minimum absolute atomic E-state index is 0.0634. The first-order valence-corrected chi connectivity index (χ1v) is 10.1. The number of likely N-dealkylation sites (tertiary alicyclic amines) is 1. The van der Waals surface area contributed by atoms with Crippen LogP contribution in [0.25, 0.3) is 0 Å². The Morgan fingerprint density at radius 2 is 2.07 bits per heavy atom. The van der Waals surface area contributed by atoms with Crippen LogP contribution in [-0.4, -0.2) is 34.8 Å². The number of rotatable bonds is 7. The van der Waals surface area contributed by atoms with Gasteiger partial charge in [0.15, 0.2) is 0 Å². The van der Waals surface area contributed by atoms with Crippen LogP contribution in [0.15, 0.2) is 36.5 Å². The summed E-state index contributed by atoms with van der Waals surface area (Å²) >= 11 is 0. The molecule has 2 amide bonds. The average molecular weight is 396 g/mol. The molecule has 3 rings (SSSR count). The van der Waals surface area contributed by atoms with Crippen LogP contribution in [0.4, 0.5) is 0 Å². The van der Waals surface area contributed by atoms with Crippen molar-refractivity contribution < 1.29 is 14.3 Å². The van der Waals surface area contributed by atoms with Crippen molar-refractivity contribution in [3.63, 3.8) is 0 Å². The van der Waals surface area contributed by atoms with E-state index in [4.69, 9.17) is 4.74 Å². The van der Waals surface area contributed by atoms with Crippen molar-refractivity contribution in [3.8, 4) is 11.6 Å². The van der Waals surface area contributed by atoms with Crippen LogP contribution < -0.4 is 10.1 Å². The van der Waals surface area contributed by atoms with E-state index in [1.807, 2.05) is 38.1 Å². The van der Waals surface area contributed by atoms with Crippen molar-refractivity contribution in [1.82, 2.24) is 15.2 Å². The lowest BCUT2D eigenvalue weighted by Crippen LogP contribution is -2.33. The fraction of sp³-hybridized carbons (Fsp3) is 0.435. The molecule has 0 radical (unpaired) electrons. The number of nitrogens with zero attached hydrogens (tertiary/aromatic N) is 2. The lowest BCUT2D eigenvalue weighted by atomic mass is 10.1. The first-order chi connectivity index (χ1) is 13.8. The third-order valence-electron chi connectivity index (χ3n) is 4.99. The molecule has 1 saturated heterocycles. The van der Waals surface area contributed by atoms with Gasteiger partial charge in [-0.3, -0.25) is 9.59 Å². The van der Waals surface area contributed by atoms with E-state index in [2.05, 4.69) is 24.1 Å². The molecule has 0 saturated carbocycles. The Morgan fingerprint density at radius 1 is 1.28 bits per heavy atom. The highest BCUT2D eigenvalue weighted by Crippen LogP contribution is 2.25. The molecular weight excluding hydrogens is 366 g/mol. The number of aromatic nitrogens is 1. The number of carbonyl (C=O) groups excluding carboxylic acids is 2. The summed E-state index contributed by atoms with van der Waals surface area (Å²) < 4.78 is 5.87. The Hall–Kier alpha value is -2.89. The number of benzene rings is 1. The first-order valence-electron chi connectivity index (χ1n) is 10.1. The molecule has 1 aliphatic heterocycles. The second kappa shape index (κ2) is 9.07. The van der Waals surface area contributed by atoms with Gasteiger partial charge < -0.3 is 15.0 Å². The summed E-state index contributed by atoms with van der Waals surface area (Å²) in [5.41, 5.74) is 3.06. The smallest absolute Gasteiger partial charge is 0.225 e. The number of pyridine rings is 1. The minimum atomic E-state index is -0.277. The number of hydrogen-bond acceptors (Lipinski definition) is 4. The molecule has 154 valence electrons. The lowest BCUT2D eigenvalue weighted by Gasteiger charge is -2.18. The van der Waals surface area contributed by atoms with Crippen LogP contribution in [0.2, 0.25) is 0 Å². The van der Waals surface area contributed by atoms with Gasteiger partial charge in [-0.2, -0.15) is 0 Å². The molecule has 6 nitrogen and oxygen atoms in total. The zero-order valence-electron chi connectivity index (χ0n) is 17.6. The molecule has 1 unspecified atom stereocenters. The van der Waals surface area contributed by atoms with E-state index < -0.39 is 0 Å². The first kappa shape index (κ1) is 20.8. The van der Waals surface area contributed by atoms with Crippen LogP contribution in [0.3, 0.4) is 0 Å². The molecule has 0 spiro atoms. The van der Waals surface area contributed by atoms with Gasteiger partial charge in [0.2, 0.25) is 17.7 Å². The summed E-state index contributed by atoms with van der Waals surface area (Å²) in [6.07, 6.45) is 1.99. The number of aryl methyl sites for hydroxylation is 2. The molecule has 6 heteroatoms. The lowest BCUT2D eigenvalue weighted by molar-refractivity contribution is -0.129. The number of hydrogen-bond donors (Lipinski definition) is 1. The van der Waals surface area contributed by atoms with E-state index in [9.17, 15) is 9.59 Å². The number of amides is 2. The molecule has 1 atom stereocenters. The molecule has 1 aromatic heterocycles. The predicted octanol–water partition coefficient (Wildman–Crippen LogP) is 3.61. The number of ether oxygens (including phenoxy) is 1. The third kappa shape index (κ3) is 5.56. The van der Waals surface area contributed by atoms with Crippen molar-refractivity contribution >= 4 is 11.8 Å². The highest BCUT2D eigenvalue weighted by atomic mass is 16.5. The van der Waals surface area contributed by atoms with Gasteiger partial charge in [0.25, 0.3) is 0 Å². The van der Waals surface area contributed by atoms with Crippen LogP contribution >= 0.6 is 0 Å². The Balaban J connectivity index is 1.52. The van der Waals surface area contributed by atoms with Crippen LogP contribution in [-0.2, 0) is 16.1 Å². The van der Waals surface area contributed by atoms with Gasteiger partial charge in [-0.1, -0.05) is 32.0 Å². The van der Waals surface area contributed by atoms with Crippen LogP contribution in [0.1, 0.15) is 37.0 Å². The van der Waals surface area contributed by atoms with Gasteiger partial charge in [-0.25, -0.2) is 4.98 Å². The van der Waals surface area contributed by atoms with Gasteiger partial charge in [-0.15, -0.1) is 0 Å². The molecule has 1 fully saturated rings. The molecule has 2 aromatic rings. The Morgan fingerprint density at radius 3 is 2.76 bits per heavy atom. The van der Waals surface area contributed by atoms with Crippen molar-refractivity contribution in [2.24, 2.45) is 11.8 Å². The third-order valence-corrected chi connectivity index (χ3v) is 4.99. The Labute approximate surface area is 172 Å². The van der Waals surface area contributed by atoms with Crippen molar-refractivity contribution in [1.29, 1.82) is 0 Å². The zero-order chi connectivity index (χ0) is 21.0. The minimum Gasteiger partial charge on any atom is -0.439 e. The monoisotopic (exact) mass is 395 g/mol. The van der Waals surface area contributed by atoms with E-state index in [0.717, 1.165) is 22.4 Å². The summed E-state index contributed by atoms with van der Waals surface area (Å²) in [4.78, 5) is 30.6. The fourth-order valence-electron chi connectivity index (χ4n) is 3.40. The van der Waals surface area contributed by atoms with Crippen molar-refractivity contribution in [2.45, 2.75) is 40.7 Å². The maximum Gasteiger partial charge on any atom is 0.225 e. The summed E-state index contributed by atoms with van der Waals surface area (Å²) in [6, 6.07) is 9.73. The molecule has 2 heterocycles. The fourth-order valence-corrected chi connectivity index (χ4v) is 3.40. The van der Waals surface area contributed by atoms with Crippen LogP contribution in [0.5, 0.6) is 11.6 Å². The van der Waals surface area contributed by atoms with Gasteiger partial charge in [0.1, 0.15) is 5.75 Å². The van der Waals surface area contributed by atoms with E-state index in [0.29, 0.717) is 37.9 Å². The van der Waals surface area contributed by atoms with E-state index in [1.54, 1.807) is 17.2 Å². The molecule has 1 aromatic carbocycles. The summed E-state index contributed by atoms with van der Waals surface area (Å²) in [7, 11) is 0. The number of carbonyl (C=O) groups is 2. The van der Waals surface area contributed by atoms with Crippen molar-refractivity contribution in [2.75, 3.05) is 13.1 Å². The molecule has 0 aliphatic carbocycles.